The number of urea groups is 1. The van der Waals surface area contributed by atoms with Crippen molar-refractivity contribution in [2.45, 2.75) is 19.4 Å². The molecule has 4 amide bonds. The van der Waals surface area contributed by atoms with E-state index in [1.54, 1.807) is 24.3 Å². The topological polar surface area (TPSA) is 79.0 Å². The van der Waals surface area contributed by atoms with Gasteiger partial charge in [0.2, 0.25) is 5.91 Å². The van der Waals surface area contributed by atoms with Gasteiger partial charge in [0.1, 0.15) is 6.04 Å². The van der Waals surface area contributed by atoms with Gasteiger partial charge in [-0.3, -0.25) is 9.59 Å². The molecule has 146 valence electrons. The lowest BCUT2D eigenvalue weighted by atomic mass is 10.1. The van der Waals surface area contributed by atoms with Crippen LogP contribution in [0.1, 0.15) is 12.0 Å². The van der Waals surface area contributed by atoms with Gasteiger partial charge in [-0.2, -0.15) is 0 Å². The van der Waals surface area contributed by atoms with Gasteiger partial charge >= 0.3 is 6.03 Å². The quantitative estimate of drug-likeness (QED) is 0.748. The maximum atomic E-state index is 13.0. The van der Waals surface area contributed by atoms with Gasteiger partial charge in [0.25, 0.3) is 5.91 Å². The van der Waals surface area contributed by atoms with E-state index in [1.807, 2.05) is 37.3 Å². The largest absolute Gasteiger partial charge is 0.383 e. The number of hydrogen-bond acceptors (Lipinski definition) is 4. The monoisotopic (exact) mass is 381 g/mol. The second-order valence-electron chi connectivity index (χ2n) is 6.61. The summed E-state index contributed by atoms with van der Waals surface area (Å²) in [7, 11) is 1.53. The maximum Gasteiger partial charge on any atom is 0.332 e. The summed E-state index contributed by atoms with van der Waals surface area (Å²) in [5.41, 5.74) is 2.16. The van der Waals surface area contributed by atoms with E-state index >= 15 is 0 Å². The van der Waals surface area contributed by atoms with Crippen molar-refractivity contribution in [3.63, 3.8) is 0 Å². The number of anilines is 2. The van der Waals surface area contributed by atoms with Crippen molar-refractivity contribution >= 4 is 29.2 Å². The number of amides is 4. The zero-order valence-electron chi connectivity index (χ0n) is 15.9. The smallest absolute Gasteiger partial charge is 0.332 e. The number of ether oxygens (including phenoxy) is 1. The van der Waals surface area contributed by atoms with E-state index in [2.05, 4.69) is 5.32 Å². The number of imide groups is 1. The zero-order valence-corrected chi connectivity index (χ0v) is 15.9. The Morgan fingerprint density at radius 1 is 1.07 bits per heavy atom. The molecule has 7 heteroatoms. The van der Waals surface area contributed by atoms with Gasteiger partial charge in [0.15, 0.2) is 0 Å². The van der Waals surface area contributed by atoms with Crippen molar-refractivity contribution < 1.29 is 19.1 Å². The molecule has 0 spiro atoms. The fraction of sp³-hybridized carbons (Fsp3) is 0.286. The van der Waals surface area contributed by atoms with Gasteiger partial charge in [-0.25, -0.2) is 9.69 Å². The van der Waals surface area contributed by atoms with Crippen molar-refractivity contribution in [1.82, 2.24) is 4.90 Å². The van der Waals surface area contributed by atoms with Crippen LogP contribution in [-0.2, 0) is 14.3 Å². The second-order valence-corrected chi connectivity index (χ2v) is 6.61. The summed E-state index contributed by atoms with van der Waals surface area (Å²) >= 11 is 0. The lowest BCUT2D eigenvalue weighted by Gasteiger charge is -2.21. The molecule has 1 heterocycles. The maximum absolute atomic E-state index is 13.0. The lowest BCUT2D eigenvalue weighted by Crippen LogP contribution is -2.39. The number of carbonyl (C=O) groups is 3. The second kappa shape index (κ2) is 8.67. The highest BCUT2D eigenvalue weighted by atomic mass is 16.5. The lowest BCUT2D eigenvalue weighted by molar-refractivity contribution is -0.124. The number of rotatable bonds is 7. The molecule has 7 nitrogen and oxygen atoms in total. The normalized spacial score (nSPS) is 16.6. The van der Waals surface area contributed by atoms with Crippen molar-refractivity contribution in [1.29, 1.82) is 0 Å². The van der Waals surface area contributed by atoms with Gasteiger partial charge in [0, 0.05) is 19.3 Å². The molecular weight excluding hydrogens is 358 g/mol. The summed E-state index contributed by atoms with van der Waals surface area (Å²) < 4.78 is 5.07. The van der Waals surface area contributed by atoms with Gasteiger partial charge in [-0.05, 0) is 31.2 Å². The van der Waals surface area contributed by atoms with Crippen LogP contribution < -0.4 is 10.2 Å². The minimum Gasteiger partial charge on any atom is -0.383 e. The van der Waals surface area contributed by atoms with Crippen molar-refractivity contribution in [3.8, 4) is 0 Å². The van der Waals surface area contributed by atoms with E-state index in [-0.39, 0.29) is 25.5 Å². The molecule has 2 aromatic carbocycles. The number of hydrogen-bond donors (Lipinski definition) is 1. The Bertz CT molecular complexity index is 852. The fourth-order valence-corrected chi connectivity index (χ4v) is 3.12. The van der Waals surface area contributed by atoms with Crippen molar-refractivity contribution in [2.75, 3.05) is 30.5 Å². The van der Waals surface area contributed by atoms with E-state index < -0.39 is 18.0 Å². The van der Waals surface area contributed by atoms with E-state index in [0.717, 1.165) is 10.5 Å². The first-order valence-electron chi connectivity index (χ1n) is 9.06. The molecule has 1 N–H and O–H groups in total. The van der Waals surface area contributed by atoms with Gasteiger partial charge in [0.05, 0.1) is 18.7 Å². The van der Waals surface area contributed by atoms with Gasteiger partial charge in [-0.1, -0.05) is 35.9 Å². The molecule has 1 atom stereocenters. The molecular formula is C21H23N3O4. The average molecular weight is 381 g/mol. The first-order valence-corrected chi connectivity index (χ1v) is 9.06. The van der Waals surface area contributed by atoms with E-state index in [0.29, 0.717) is 11.4 Å². The Kier molecular flexibility index (Phi) is 6.06. The van der Waals surface area contributed by atoms with E-state index in [1.165, 1.54) is 12.0 Å². The highest BCUT2D eigenvalue weighted by Crippen LogP contribution is 2.27. The molecule has 1 fully saturated rings. The first kappa shape index (κ1) is 19.6. The molecule has 0 saturated carbocycles. The van der Waals surface area contributed by atoms with Crippen LogP contribution in [0.15, 0.2) is 54.6 Å². The van der Waals surface area contributed by atoms with Gasteiger partial charge in [-0.15, -0.1) is 0 Å². The van der Waals surface area contributed by atoms with Crippen LogP contribution in [0, 0.1) is 6.92 Å². The van der Waals surface area contributed by atoms with Crippen LogP contribution in [0.2, 0.25) is 0 Å². The third-order valence-corrected chi connectivity index (χ3v) is 4.58. The Morgan fingerprint density at radius 2 is 1.75 bits per heavy atom. The SMILES string of the molecule is COCCN1C(=O)N(c2ccc(C)cc2)C(=O)C1CC(=O)Nc1ccccc1. The molecule has 0 aromatic heterocycles. The zero-order chi connectivity index (χ0) is 20.1. The highest BCUT2D eigenvalue weighted by molar-refractivity contribution is 6.22. The summed E-state index contributed by atoms with van der Waals surface area (Å²) in [6.07, 6.45) is -0.120. The number of para-hydroxylation sites is 1. The number of benzene rings is 2. The predicted octanol–water partition coefficient (Wildman–Crippen LogP) is 2.81. The summed E-state index contributed by atoms with van der Waals surface area (Å²) in [5.74, 6) is -0.737. The van der Waals surface area contributed by atoms with Gasteiger partial charge < -0.3 is 15.0 Å². The Balaban J connectivity index is 1.80. The third-order valence-electron chi connectivity index (χ3n) is 4.58. The number of carbonyl (C=O) groups excluding carboxylic acids is 3. The van der Waals surface area contributed by atoms with Crippen LogP contribution in [0.25, 0.3) is 0 Å². The van der Waals surface area contributed by atoms with Crippen LogP contribution in [0.3, 0.4) is 0 Å². The predicted molar refractivity (Wildman–Crippen MR) is 106 cm³/mol. The molecule has 1 aliphatic heterocycles. The Morgan fingerprint density at radius 3 is 2.39 bits per heavy atom. The molecule has 1 aliphatic rings. The molecule has 0 radical (unpaired) electrons. The Hall–Kier alpha value is -3.19. The van der Waals surface area contributed by atoms with Crippen molar-refractivity contribution in [3.05, 3.63) is 60.2 Å². The Labute approximate surface area is 163 Å². The summed E-state index contributed by atoms with van der Waals surface area (Å²) in [5, 5.41) is 2.76. The van der Waals surface area contributed by atoms with Crippen LogP contribution >= 0.6 is 0 Å². The van der Waals surface area contributed by atoms with Crippen molar-refractivity contribution in [2.24, 2.45) is 0 Å². The molecule has 1 unspecified atom stereocenters. The minimum absolute atomic E-state index is 0.120. The van der Waals surface area contributed by atoms with E-state index in [9.17, 15) is 14.4 Å². The van der Waals surface area contributed by atoms with E-state index in [4.69, 9.17) is 4.74 Å². The molecule has 0 aliphatic carbocycles. The standard InChI is InChI=1S/C21H23N3O4/c1-15-8-10-17(11-9-15)24-20(26)18(23(21(24)27)12-13-28-2)14-19(25)22-16-6-4-3-5-7-16/h3-11,18H,12-14H2,1-2H3,(H,22,25). The van der Waals surface area contributed by atoms with Crippen LogP contribution in [0.4, 0.5) is 16.2 Å². The van der Waals surface area contributed by atoms with Crippen LogP contribution in [0.5, 0.6) is 0 Å². The minimum atomic E-state index is -0.868. The summed E-state index contributed by atoms with van der Waals surface area (Å²) in [6.45, 7) is 2.43. The summed E-state index contributed by atoms with van der Waals surface area (Å²) in [6, 6.07) is 14.8. The summed E-state index contributed by atoms with van der Waals surface area (Å²) in [4.78, 5) is 40.9. The molecule has 1 saturated heterocycles. The molecule has 3 rings (SSSR count). The fourth-order valence-electron chi connectivity index (χ4n) is 3.12. The molecule has 0 bridgehead atoms. The molecule has 28 heavy (non-hydrogen) atoms. The highest BCUT2D eigenvalue weighted by Gasteiger charge is 2.46. The first-order chi connectivity index (χ1) is 13.5. The van der Waals surface area contributed by atoms with Crippen LogP contribution in [-0.4, -0.2) is 49.0 Å². The number of nitrogens with zero attached hydrogens (tertiary/aromatic N) is 2. The number of methoxy groups -OCH3 is 1. The number of aryl methyl sites for hydroxylation is 1. The molecule has 2 aromatic rings. The third kappa shape index (κ3) is 4.20. The average Bonchev–Trinajstić information content (AvgIpc) is 2.91. The number of nitrogens with one attached hydrogen (secondary N) is 1.